The van der Waals surface area contributed by atoms with Gasteiger partial charge < -0.3 is 48.0 Å². The maximum atomic E-state index is 6.56. The van der Waals surface area contributed by atoms with Crippen LogP contribution in [0.1, 0.15) is 130 Å². The summed E-state index contributed by atoms with van der Waals surface area (Å²) < 4.78 is 40.9. The lowest BCUT2D eigenvalue weighted by Crippen LogP contribution is -2.40. The number of pyridine rings is 2. The van der Waals surface area contributed by atoms with Crippen LogP contribution in [0.5, 0.6) is 23.0 Å². The standard InChI is InChI=1S/C33H47BrN4O3Si.C24H35BrClN3OSi.C9H13NO2/c1-9-10-13-29-37-30-31(38(29)18-11-12-19-41-42(7,8)33(2,3)4)26-20-24(34)15-17-27(26)36-32(30)35-22-23-14-16-25(39-5)21-28(23)40-6;1-7-8-11-20-28-21-22(18-16-17(25)12-13-19(18)27-23(21)26)29(20)14-9-10-15-30-31(5,6)24(2,3)4;1-11-8-4-3-7(6-10)9(5-8)12-2/h14-17,20-21H,9-13,18-19,22H2,1-8H3,(H,35,36);12-13,16H,7-11,14-15H2,1-6H3;3-5H,6,10H2,1-2H3. The minimum atomic E-state index is -1.75. The van der Waals surface area contributed by atoms with Crippen molar-refractivity contribution in [1.82, 2.24) is 29.1 Å². The number of benzene rings is 4. The maximum absolute atomic E-state index is 6.56. The normalized spacial score (nSPS) is 12.1. The highest BCUT2D eigenvalue weighted by atomic mass is 79.9. The van der Waals surface area contributed by atoms with E-state index >= 15 is 0 Å². The lowest BCUT2D eigenvalue weighted by molar-refractivity contribution is 0.276. The van der Waals surface area contributed by atoms with Crippen LogP contribution in [0, 0.1) is 0 Å². The minimum Gasteiger partial charge on any atom is -0.497 e. The molecular formula is C66H95Br2ClN8O6Si2. The van der Waals surface area contributed by atoms with Crippen molar-refractivity contribution in [2.24, 2.45) is 5.73 Å². The van der Waals surface area contributed by atoms with E-state index in [0.717, 1.165) is 195 Å². The predicted molar refractivity (Wildman–Crippen MR) is 367 cm³/mol. The number of hydrogen-bond donors (Lipinski definition) is 2. The summed E-state index contributed by atoms with van der Waals surface area (Å²) >= 11 is 13.9. The fraction of sp³-hybridized carbons (Fsp3) is 0.515. The zero-order chi connectivity index (χ0) is 62.3. The quantitative estimate of drug-likeness (QED) is 0.0301. The third-order valence-corrected chi connectivity index (χ3v) is 27.0. The number of fused-ring (bicyclic) bond motifs is 6. The van der Waals surface area contributed by atoms with Crippen LogP contribution in [0.15, 0.2) is 81.7 Å². The van der Waals surface area contributed by atoms with Crippen LogP contribution in [0.3, 0.4) is 0 Å². The third kappa shape index (κ3) is 17.9. The molecule has 4 aromatic carbocycles. The molecule has 0 aliphatic heterocycles. The first-order valence-electron chi connectivity index (χ1n) is 30.1. The molecule has 19 heteroatoms. The van der Waals surface area contributed by atoms with Gasteiger partial charge in [-0.3, -0.25) is 0 Å². The average Bonchev–Trinajstić information content (AvgIpc) is 1.82. The van der Waals surface area contributed by atoms with Crippen molar-refractivity contribution in [1.29, 1.82) is 0 Å². The van der Waals surface area contributed by atoms with Gasteiger partial charge in [-0.2, -0.15) is 0 Å². The van der Waals surface area contributed by atoms with E-state index in [4.69, 9.17) is 60.1 Å². The first-order chi connectivity index (χ1) is 40.3. The van der Waals surface area contributed by atoms with Crippen LogP contribution in [0.25, 0.3) is 43.9 Å². The number of aryl methyl sites for hydroxylation is 4. The highest BCUT2D eigenvalue weighted by Gasteiger charge is 2.38. The van der Waals surface area contributed by atoms with Crippen LogP contribution >= 0.6 is 43.5 Å². The Morgan fingerprint density at radius 1 is 0.553 bits per heavy atom. The van der Waals surface area contributed by atoms with Crippen molar-refractivity contribution < 1.29 is 27.8 Å². The van der Waals surface area contributed by atoms with E-state index in [1.165, 1.54) is 0 Å². The number of nitrogens with zero attached hydrogens (tertiary/aromatic N) is 6. The Hall–Kier alpha value is -4.80. The molecule has 0 fully saturated rings. The Kier molecular flexibility index (Phi) is 25.6. The number of nitrogens with one attached hydrogen (secondary N) is 1. The molecule has 0 aliphatic carbocycles. The summed E-state index contributed by atoms with van der Waals surface area (Å²) in [6.45, 7) is 32.0. The molecule has 4 heterocycles. The van der Waals surface area contributed by atoms with Crippen molar-refractivity contribution in [2.75, 3.05) is 47.0 Å². The Bertz CT molecular complexity index is 3470. The number of anilines is 1. The van der Waals surface area contributed by atoms with Gasteiger partial charge in [0, 0.05) is 95.2 Å². The molecule has 0 atom stereocenters. The molecule has 8 rings (SSSR count). The maximum Gasteiger partial charge on any atom is 0.191 e. The summed E-state index contributed by atoms with van der Waals surface area (Å²) in [4.78, 5) is 19.8. The summed E-state index contributed by atoms with van der Waals surface area (Å²) in [5, 5.41) is 6.76. The second-order valence-electron chi connectivity index (χ2n) is 24.7. The van der Waals surface area contributed by atoms with Gasteiger partial charge in [-0.05, 0) is 129 Å². The van der Waals surface area contributed by atoms with Gasteiger partial charge in [0.25, 0.3) is 0 Å². The second-order valence-corrected chi connectivity index (χ2v) is 36.5. The van der Waals surface area contributed by atoms with Crippen LogP contribution in [-0.4, -0.2) is 87.4 Å². The van der Waals surface area contributed by atoms with Crippen molar-refractivity contribution in [3.8, 4) is 23.0 Å². The molecule has 3 N–H and O–H groups in total. The first kappa shape index (κ1) is 69.3. The van der Waals surface area contributed by atoms with Gasteiger partial charge in [0.05, 0.1) is 50.5 Å². The Labute approximate surface area is 530 Å². The van der Waals surface area contributed by atoms with E-state index < -0.39 is 16.6 Å². The average molecular weight is 1350 g/mol. The third-order valence-electron chi connectivity index (χ3n) is 16.6. The summed E-state index contributed by atoms with van der Waals surface area (Å²) in [5.74, 6) is 6.12. The molecule has 0 spiro atoms. The van der Waals surface area contributed by atoms with E-state index in [9.17, 15) is 0 Å². The summed E-state index contributed by atoms with van der Waals surface area (Å²) in [6, 6.07) is 23.9. The molecule has 8 aromatic rings. The van der Waals surface area contributed by atoms with Crippen molar-refractivity contribution in [3.05, 3.63) is 110 Å². The molecule has 0 unspecified atom stereocenters. The van der Waals surface area contributed by atoms with Gasteiger partial charge >= 0.3 is 0 Å². The molecule has 0 saturated heterocycles. The Morgan fingerprint density at radius 3 is 1.45 bits per heavy atom. The van der Waals surface area contributed by atoms with Crippen LogP contribution in [0.2, 0.25) is 41.4 Å². The number of ether oxygens (including phenoxy) is 4. The summed E-state index contributed by atoms with van der Waals surface area (Å²) in [5.41, 5.74) is 13.3. The molecule has 14 nitrogen and oxygen atoms in total. The lowest BCUT2D eigenvalue weighted by Gasteiger charge is -2.36. The highest BCUT2D eigenvalue weighted by Crippen LogP contribution is 2.39. The topological polar surface area (TPSA) is 155 Å². The van der Waals surface area contributed by atoms with E-state index in [0.29, 0.717) is 18.2 Å². The molecule has 0 bridgehead atoms. The molecule has 464 valence electrons. The van der Waals surface area contributed by atoms with Gasteiger partial charge in [-0.15, -0.1) is 0 Å². The molecule has 0 aliphatic rings. The number of unbranched alkanes of at least 4 members (excludes halogenated alkanes) is 4. The van der Waals surface area contributed by atoms with E-state index in [2.05, 4.69) is 151 Å². The van der Waals surface area contributed by atoms with Gasteiger partial charge in [0.1, 0.15) is 45.7 Å². The van der Waals surface area contributed by atoms with Crippen LogP contribution < -0.4 is 30.0 Å². The Morgan fingerprint density at radius 2 is 1.00 bits per heavy atom. The number of aromatic nitrogens is 6. The zero-order valence-electron chi connectivity index (χ0n) is 53.6. The smallest absolute Gasteiger partial charge is 0.191 e. The lowest BCUT2D eigenvalue weighted by atomic mass is 10.1. The molecule has 0 radical (unpaired) electrons. The van der Waals surface area contributed by atoms with Crippen molar-refractivity contribution >= 4 is 110 Å². The van der Waals surface area contributed by atoms with Crippen LogP contribution in [-0.2, 0) is 47.9 Å². The highest BCUT2D eigenvalue weighted by molar-refractivity contribution is 9.10. The molecule has 4 aromatic heterocycles. The van der Waals surface area contributed by atoms with Gasteiger partial charge in [0.2, 0.25) is 0 Å². The summed E-state index contributed by atoms with van der Waals surface area (Å²) in [6.07, 6.45) is 10.5. The van der Waals surface area contributed by atoms with Crippen LogP contribution in [0.4, 0.5) is 5.82 Å². The van der Waals surface area contributed by atoms with E-state index in [1.54, 1.807) is 28.4 Å². The molecule has 0 amide bonds. The van der Waals surface area contributed by atoms with E-state index in [-0.39, 0.29) is 10.1 Å². The van der Waals surface area contributed by atoms with Crippen molar-refractivity contribution in [2.45, 2.75) is 182 Å². The Balaban J connectivity index is 0.000000234. The number of nitrogens with two attached hydrogens (primary N) is 1. The molecular weight excluding hydrogens is 1250 g/mol. The number of halogens is 3. The second kappa shape index (κ2) is 31.4. The van der Waals surface area contributed by atoms with Crippen molar-refractivity contribution in [3.63, 3.8) is 0 Å². The SMILES string of the molecule is CCCCc1nc2c(Cl)nc3ccc(Br)cc3c2n1CCCCO[Si](C)(C)C(C)(C)C.CCCCc1nc2c(NCc3ccc(OC)cc3OC)nc3ccc(Br)cc3c2n1CCCCO[Si](C)(C)C(C)(C)C.COc1ccc(CN)c(OC)c1. The number of methoxy groups -OCH3 is 4. The van der Waals surface area contributed by atoms with E-state index in [1.807, 2.05) is 54.6 Å². The monoisotopic (exact) mass is 1340 g/mol. The molecule has 0 saturated carbocycles. The number of hydrogen-bond acceptors (Lipinski definition) is 12. The first-order valence-corrected chi connectivity index (χ1v) is 37.9. The number of rotatable bonds is 26. The van der Waals surface area contributed by atoms with Gasteiger partial charge in [0.15, 0.2) is 27.6 Å². The number of imidazole rings is 2. The minimum absolute atomic E-state index is 0.222. The predicted octanol–water partition coefficient (Wildman–Crippen LogP) is 18.4. The van der Waals surface area contributed by atoms with Gasteiger partial charge in [-0.1, -0.05) is 118 Å². The fourth-order valence-electron chi connectivity index (χ4n) is 9.46. The largest absolute Gasteiger partial charge is 0.497 e. The fourth-order valence-corrected chi connectivity index (χ4v) is 12.6. The zero-order valence-corrected chi connectivity index (χ0v) is 59.5. The van der Waals surface area contributed by atoms with Gasteiger partial charge in [-0.25, -0.2) is 19.9 Å². The molecule has 85 heavy (non-hydrogen) atoms. The summed E-state index contributed by atoms with van der Waals surface area (Å²) in [7, 11) is 3.14.